The molecule has 124 valence electrons. The molecule has 24 heavy (non-hydrogen) atoms. The van der Waals surface area contributed by atoms with Crippen molar-refractivity contribution in [3.05, 3.63) is 53.6 Å². The normalized spacial score (nSPS) is 25.0. The van der Waals surface area contributed by atoms with Crippen LogP contribution in [0.3, 0.4) is 0 Å². The Morgan fingerprint density at radius 2 is 2.04 bits per heavy atom. The Bertz CT molecular complexity index is 730. The van der Waals surface area contributed by atoms with Crippen molar-refractivity contribution in [2.75, 3.05) is 11.9 Å². The predicted molar refractivity (Wildman–Crippen MR) is 89.8 cm³/mol. The highest BCUT2D eigenvalue weighted by Gasteiger charge is 2.41. The third-order valence-electron chi connectivity index (χ3n) is 4.61. The van der Waals surface area contributed by atoms with Crippen LogP contribution in [0, 0.1) is 0 Å². The minimum atomic E-state index is -0.205. The highest BCUT2D eigenvalue weighted by atomic mass is 16.5. The van der Waals surface area contributed by atoms with Crippen LogP contribution in [0.15, 0.2) is 36.7 Å². The minimum Gasteiger partial charge on any atom is -0.367 e. The highest BCUT2D eigenvalue weighted by Crippen LogP contribution is 2.37. The number of morpholine rings is 1. The van der Waals surface area contributed by atoms with Crippen LogP contribution in [-0.2, 0) is 11.2 Å². The Morgan fingerprint density at radius 3 is 2.62 bits per heavy atom. The van der Waals surface area contributed by atoms with Gasteiger partial charge in [-0.3, -0.25) is 4.79 Å². The van der Waals surface area contributed by atoms with Gasteiger partial charge >= 0.3 is 0 Å². The van der Waals surface area contributed by atoms with Crippen LogP contribution >= 0.6 is 0 Å². The van der Waals surface area contributed by atoms with Gasteiger partial charge in [-0.05, 0) is 24.1 Å². The predicted octanol–water partition coefficient (Wildman–Crippen LogP) is 2.09. The Hall–Kier alpha value is -2.31. The molecule has 2 aromatic rings. The molecule has 2 bridgehead atoms. The maximum absolute atomic E-state index is 12.2. The Morgan fingerprint density at radius 1 is 1.29 bits per heavy atom. The van der Waals surface area contributed by atoms with E-state index in [4.69, 9.17) is 4.74 Å². The summed E-state index contributed by atoms with van der Waals surface area (Å²) in [5.41, 5.74) is 2.35. The van der Waals surface area contributed by atoms with E-state index in [0.29, 0.717) is 17.7 Å². The molecule has 0 saturated carbocycles. The molecule has 4 rings (SSSR count). The van der Waals surface area contributed by atoms with Gasteiger partial charge in [0.1, 0.15) is 5.82 Å². The van der Waals surface area contributed by atoms with Crippen molar-refractivity contribution in [1.29, 1.82) is 0 Å². The number of anilines is 1. The van der Waals surface area contributed by atoms with E-state index in [2.05, 4.69) is 20.6 Å². The van der Waals surface area contributed by atoms with Gasteiger partial charge in [-0.25, -0.2) is 9.97 Å². The topological polar surface area (TPSA) is 76.1 Å². The van der Waals surface area contributed by atoms with E-state index < -0.39 is 0 Å². The van der Waals surface area contributed by atoms with E-state index in [0.717, 1.165) is 36.5 Å². The number of fused-ring (bicyclic) bond motifs is 2. The summed E-state index contributed by atoms with van der Waals surface area (Å²) in [6.45, 7) is 2.93. The fourth-order valence-electron chi connectivity index (χ4n) is 3.29. The first-order chi connectivity index (χ1) is 11.7. The molecular weight excluding hydrogens is 304 g/mol. The first kappa shape index (κ1) is 15.2. The number of carbonyl (C=O) groups excluding carboxylic acids is 1. The van der Waals surface area contributed by atoms with Gasteiger partial charge in [-0.2, -0.15) is 0 Å². The third kappa shape index (κ3) is 2.90. The van der Waals surface area contributed by atoms with Gasteiger partial charge in [0.05, 0.1) is 17.8 Å². The molecule has 6 nitrogen and oxygen atoms in total. The number of rotatable bonds is 4. The number of nitrogens with zero attached hydrogens (tertiary/aromatic N) is 2. The zero-order chi connectivity index (χ0) is 16.5. The van der Waals surface area contributed by atoms with Crippen LogP contribution in [0.5, 0.6) is 0 Å². The molecule has 1 aromatic carbocycles. The molecule has 0 radical (unpaired) electrons. The van der Waals surface area contributed by atoms with Gasteiger partial charge in [0, 0.05) is 37.1 Å². The number of benzene rings is 1. The average Bonchev–Trinajstić information content (AvgIpc) is 3.26. The minimum absolute atomic E-state index is 0.114. The molecule has 3 heterocycles. The van der Waals surface area contributed by atoms with Crippen LogP contribution in [0.4, 0.5) is 5.69 Å². The number of aryl methyl sites for hydroxylation is 1. The van der Waals surface area contributed by atoms with Crippen LogP contribution in [-0.4, -0.2) is 34.6 Å². The van der Waals surface area contributed by atoms with Gasteiger partial charge in [0.15, 0.2) is 0 Å². The van der Waals surface area contributed by atoms with E-state index in [-0.39, 0.29) is 12.0 Å². The van der Waals surface area contributed by atoms with Gasteiger partial charge in [0.25, 0.3) is 5.91 Å². The first-order valence-electron chi connectivity index (χ1n) is 8.34. The number of hydrogen-bond acceptors (Lipinski definition) is 5. The smallest absolute Gasteiger partial charge is 0.258 e. The molecule has 2 aliphatic rings. The molecule has 0 spiro atoms. The lowest BCUT2D eigenvalue weighted by Gasteiger charge is -2.23. The fourth-order valence-corrected chi connectivity index (χ4v) is 3.29. The molecule has 2 fully saturated rings. The summed E-state index contributed by atoms with van der Waals surface area (Å²) in [5, 5.41) is 6.35. The van der Waals surface area contributed by atoms with E-state index in [9.17, 15) is 4.79 Å². The molecule has 0 aliphatic carbocycles. The van der Waals surface area contributed by atoms with Crippen molar-refractivity contribution in [2.24, 2.45) is 0 Å². The highest BCUT2D eigenvalue weighted by molar-refractivity contribution is 6.03. The number of ether oxygens (including phenoxy) is 1. The van der Waals surface area contributed by atoms with Crippen molar-refractivity contribution in [1.82, 2.24) is 15.3 Å². The summed E-state index contributed by atoms with van der Waals surface area (Å²) in [4.78, 5) is 20.5. The van der Waals surface area contributed by atoms with Crippen molar-refractivity contribution in [3.8, 4) is 0 Å². The summed E-state index contributed by atoms with van der Waals surface area (Å²) in [7, 11) is 0. The Kier molecular flexibility index (Phi) is 4.00. The van der Waals surface area contributed by atoms with Crippen LogP contribution < -0.4 is 10.6 Å². The summed E-state index contributed by atoms with van der Waals surface area (Å²) in [6.07, 6.45) is 5.41. The maximum Gasteiger partial charge on any atom is 0.258 e. The molecule has 2 aliphatic heterocycles. The molecule has 2 saturated heterocycles. The first-order valence-corrected chi connectivity index (χ1v) is 8.34. The molecule has 1 aromatic heterocycles. The summed E-state index contributed by atoms with van der Waals surface area (Å²) >= 11 is 0. The van der Waals surface area contributed by atoms with E-state index in [1.54, 1.807) is 12.4 Å². The summed E-state index contributed by atoms with van der Waals surface area (Å²) in [5.74, 6) is 0.526. The molecular formula is C18H20N4O2. The Balaban J connectivity index is 1.42. The fraction of sp³-hybridized carbons (Fsp3) is 0.389. The second kappa shape index (κ2) is 6.30. The lowest BCUT2D eigenvalue weighted by Crippen LogP contribution is -2.33. The van der Waals surface area contributed by atoms with E-state index in [1.807, 2.05) is 31.2 Å². The van der Waals surface area contributed by atoms with Crippen LogP contribution in [0.25, 0.3) is 0 Å². The van der Waals surface area contributed by atoms with Gasteiger partial charge < -0.3 is 15.4 Å². The zero-order valence-corrected chi connectivity index (χ0v) is 13.5. The van der Waals surface area contributed by atoms with Crippen LogP contribution in [0.1, 0.15) is 41.2 Å². The lowest BCUT2D eigenvalue weighted by atomic mass is 10.0. The number of aromatic nitrogens is 2. The molecule has 1 amide bonds. The summed E-state index contributed by atoms with van der Waals surface area (Å²) < 4.78 is 5.99. The third-order valence-corrected chi connectivity index (χ3v) is 4.61. The van der Waals surface area contributed by atoms with Gasteiger partial charge in [0.2, 0.25) is 0 Å². The zero-order valence-electron chi connectivity index (χ0n) is 13.5. The second-order valence-electron chi connectivity index (χ2n) is 6.25. The van der Waals surface area contributed by atoms with Crippen LogP contribution in [0.2, 0.25) is 0 Å². The second-order valence-corrected chi connectivity index (χ2v) is 6.25. The molecule has 3 atom stereocenters. The average molecular weight is 324 g/mol. The van der Waals surface area contributed by atoms with Crippen molar-refractivity contribution >= 4 is 11.6 Å². The largest absolute Gasteiger partial charge is 0.367 e. The van der Waals surface area contributed by atoms with Crippen molar-refractivity contribution in [2.45, 2.75) is 38.0 Å². The SMILES string of the molecule is CCc1ncc(C(=O)Nc2ccc(C3OC4CNC3C4)cc2)cn1. The number of amides is 1. The van der Waals surface area contributed by atoms with Gasteiger partial charge in [-0.1, -0.05) is 19.1 Å². The quantitative estimate of drug-likeness (QED) is 0.901. The molecule has 2 N–H and O–H groups in total. The standard InChI is InChI=1S/C18H20N4O2/c1-2-16-20-8-12(9-21-16)18(23)22-13-5-3-11(4-6-13)17-15-7-14(24-17)10-19-15/h3-6,8-9,14-15,17,19H,2,7,10H2,1H3,(H,22,23). The number of nitrogens with one attached hydrogen (secondary N) is 2. The van der Waals surface area contributed by atoms with Crippen molar-refractivity contribution < 1.29 is 9.53 Å². The van der Waals surface area contributed by atoms with Crippen molar-refractivity contribution in [3.63, 3.8) is 0 Å². The van der Waals surface area contributed by atoms with E-state index >= 15 is 0 Å². The van der Waals surface area contributed by atoms with Gasteiger partial charge in [-0.15, -0.1) is 0 Å². The molecule has 6 heteroatoms. The number of hydrogen-bond donors (Lipinski definition) is 2. The Labute approximate surface area is 140 Å². The molecule has 3 unspecified atom stereocenters. The maximum atomic E-state index is 12.2. The van der Waals surface area contributed by atoms with E-state index in [1.165, 1.54) is 0 Å². The lowest BCUT2D eigenvalue weighted by molar-refractivity contribution is 0.0160. The number of carbonyl (C=O) groups is 1. The summed E-state index contributed by atoms with van der Waals surface area (Å²) in [6, 6.07) is 8.25. The monoisotopic (exact) mass is 324 g/mol.